The average molecular weight is 146 g/mol. The second kappa shape index (κ2) is 4.37. The summed E-state index contributed by atoms with van der Waals surface area (Å²) >= 11 is 0. The van der Waals surface area contributed by atoms with Gasteiger partial charge in [0.05, 0.1) is 0 Å². The molecule has 56 valence electrons. The van der Waals surface area contributed by atoms with Crippen molar-refractivity contribution in [3.05, 3.63) is 48.7 Å². The first kappa shape index (κ1) is 7.64. The maximum absolute atomic E-state index is 5.29. The normalized spacial score (nSPS) is 8.36. The van der Waals surface area contributed by atoms with Crippen LogP contribution >= 0.6 is 0 Å². The van der Waals surface area contributed by atoms with Crippen molar-refractivity contribution < 1.29 is 4.74 Å². The molecule has 0 fully saturated rings. The number of rotatable bonds is 3. The van der Waals surface area contributed by atoms with Crippen molar-refractivity contribution in [2.45, 2.75) is 0 Å². The third-order valence-electron chi connectivity index (χ3n) is 1.22. The molecule has 1 aromatic rings. The van der Waals surface area contributed by atoms with E-state index in [0.717, 1.165) is 5.75 Å². The number of hydrogen-bond donors (Lipinski definition) is 0. The van der Waals surface area contributed by atoms with Gasteiger partial charge in [-0.3, -0.25) is 0 Å². The summed E-state index contributed by atoms with van der Waals surface area (Å²) in [6.07, 6.45) is 1.74. The number of para-hydroxylation sites is 1. The minimum Gasteiger partial charge on any atom is -0.489 e. The summed E-state index contributed by atoms with van der Waals surface area (Å²) in [7, 11) is 0. The third kappa shape index (κ3) is 2.74. The van der Waals surface area contributed by atoms with Gasteiger partial charge in [-0.25, -0.2) is 0 Å². The predicted octanol–water partition coefficient (Wildman–Crippen LogP) is 2.41. The number of ether oxygens (including phenoxy) is 1. The van der Waals surface area contributed by atoms with Crippen LogP contribution in [-0.4, -0.2) is 6.61 Å². The topological polar surface area (TPSA) is 9.23 Å². The fourth-order valence-electron chi connectivity index (χ4n) is 0.714. The van der Waals surface area contributed by atoms with Crippen LogP contribution in [0.4, 0.5) is 0 Å². The van der Waals surface area contributed by atoms with Crippen molar-refractivity contribution >= 4 is 0 Å². The van der Waals surface area contributed by atoms with Gasteiger partial charge in [0.2, 0.25) is 0 Å². The van der Waals surface area contributed by atoms with Crippen LogP contribution in [0.2, 0.25) is 0 Å². The van der Waals surface area contributed by atoms with Gasteiger partial charge >= 0.3 is 0 Å². The summed E-state index contributed by atoms with van der Waals surface area (Å²) in [5.74, 6) is 0.874. The first-order valence-corrected chi connectivity index (χ1v) is 3.45. The Morgan fingerprint density at radius 1 is 1.36 bits per heavy atom. The second-order valence-electron chi connectivity index (χ2n) is 2.03. The fraction of sp³-hybridized carbons (Fsp3) is 0.100. The van der Waals surface area contributed by atoms with E-state index in [1.54, 1.807) is 6.08 Å². The average Bonchev–Trinajstić information content (AvgIpc) is 2.07. The Balaban J connectivity index is 2.45. The smallest absolute Gasteiger partial charge is 0.119 e. The van der Waals surface area contributed by atoms with E-state index in [0.29, 0.717) is 6.61 Å². The molecule has 0 aliphatic carbocycles. The lowest BCUT2D eigenvalue weighted by Crippen LogP contribution is -1.91. The fourth-order valence-corrected chi connectivity index (χ4v) is 0.714. The molecule has 0 heterocycles. The number of hydrogen-bond acceptors (Lipinski definition) is 1. The van der Waals surface area contributed by atoms with E-state index in [9.17, 15) is 0 Å². The van der Waals surface area contributed by atoms with Gasteiger partial charge in [-0.1, -0.05) is 24.8 Å². The molecular formula is C10H10O. The maximum atomic E-state index is 5.29. The SMILES string of the molecule is C=C=CCOc1ccccc1. The molecule has 1 rings (SSSR count). The first-order chi connectivity index (χ1) is 5.43. The van der Waals surface area contributed by atoms with E-state index in [4.69, 9.17) is 4.74 Å². The number of benzene rings is 1. The van der Waals surface area contributed by atoms with Crippen LogP contribution in [-0.2, 0) is 0 Å². The second-order valence-corrected chi connectivity index (χ2v) is 2.03. The lowest BCUT2D eigenvalue weighted by atomic mass is 10.3. The van der Waals surface area contributed by atoms with Crippen molar-refractivity contribution in [1.29, 1.82) is 0 Å². The van der Waals surface area contributed by atoms with Gasteiger partial charge in [0.15, 0.2) is 0 Å². The standard InChI is InChI=1S/C10H10O/c1-2-3-9-11-10-7-5-4-6-8-10/h3-8H,1,9H2. The zero-order valence-corrected chi connectivity index (χ0v) is 6.29. The Labute approximate surface area is 66.6 Å². The van der Waals surface area contributed by atoms with E-state index in [1.165, 1.54) is 0 Å². The summed E-state index contributed by atoms with van der Waals surface area (Å²) < 4.78 is 5.29. The van der Waals surface area contributed by atoms with Crippen LogP contribution in [0.3, 0.4) is 0 Å². The molecule has 0 spiro atoms. The van der Waals surface area contributed by atoms with Crippen LogP contribution in [0.5, 0.6) is 5.75 Å². The lowest BCUT2D eigenvalue weighted by molar-refractivity contribution is 0.363. The molecule has 0 aliphatic heterocycles. The zero-order valence-electron chi connectivity index (χ0n) is 6.29. The van der Waals surface area contributed by atoms with Crippen LogP contribution in [0.1, 0.15) is 0 Å². The van der Waals surface area contributed by atoms with Crippen molar-refractivity contribution in [3.63, 3.8) is 0 Å². The molecule has 0 unspecified atom stereocenters. The highest BCUT2D eigenvalue weighted by Gasteiger charge is 1.85. The molecule has 0 amide bonds. The van der Waals surface area contributed by atoms with Crippen LogP contribution in [0, 0.1) is 0 Å². The predicted molar refractivity (Wildman–Crippen MR) is 45.6 cm³/mol. The summed E-state index contributed by atoms with van der Waals surface area (Å²) in [4.78, 5) is 0. The Kier molecular flexibility index (Phi) is 3.04. The van der Waals surface area contributed by atoms with Crippen LogP contribution < -0.4 is 4.74 Å². The van der Waals surface area contributed by atoms with Crippen molar-refractivity contribution in [1.82, 2.24) is 0 Å². The molecular weight excluding hydrogens is 136 g/mol. The van der Waals surface area contributed by atoms with Gasteiger partial charge in [-0.2, -0.15) is 0 Å². The molecule has 0 radical (unpaired) electrons. The molecule has 0 aromatic heterocycles. The van der Waals surface area contributed by atoms with Gasteiger partial charge < -0.3 is 4.74 Å². The molecule has 1 heteroatoms. The van der Waals surface area contributed by atoms with Gasteiger partial charge in [0, 0.05) is 0 Å². The molecule has 0 N–H and O–H groups in total. The molecule has 0 atom stereocenters. The Morgan fingerprint density at radius 3 is 2.73 bits per heavy atom. The first-order valence-electron chi connectivity index (χ1n) is 3.45. The van der Waals surface area contributed by atoms with Crippen LogP contribution in [0.25, 0.3) is 0 Å². The molecule has 0 aliphatic rings. The zero-order chi connectivity index (χ0) is 7.94. The van der Waals surface area contributed by atoms with Crippen molar-refractivity contribution in [3.8, 4) is 5.75 Å². The quantitative estimate of drug-likeness (QED) is 0.595. The van der Waals surface area contributed by atoms with Gasteiger partial charge in [-0.05, 0) is 18.2 Å². The monoisotopic (exact) mass is 146 g/mol. The van der Waals surface area contributed by atoms with Gasteiger partial charge in [-0.15, -0.1) is 5.73 Å². The van der Waals surface area contributed by atoms with E-state index >= 15 is 0 Å². The summed E-state index contributed by atoms with van der Waals surface area (Å²) in [5, 5.41) is 0. The van der Waals surface area contributed by atoms with Crippen LogP contribution in [0.15, 0.2) is 48.7 Å². The molecule has 0 saturated carbocycles. The van der Waals surface area contributed by atoms with E-state index < -0.39 is 0 Å². The molecule has 0 saturated heterocycles. The van der Waals surface area contributed by atoms with E-state index in [-0.39, 0.29) is 0 Å². The largest absolute Gasteiger partial charge is 0.489 e. The summed E-state index contributed by atoms with van der Waals surface area (Å²) in [6, 6.07) is 9.66. The van der Waals surface area contributed by atoms with Gasteiger partial charge in [0.25, 0.3) is 0 Å². The minimum absolute atomic E-state index is 0.535. The summed E-state index contributed by atoms with van der Waals surface area (Å²) in [5.41, 5.74) is 2.64. The lowest BCUT2D eigenvalue weighted by Gasteiger charge is -1.99. The van der Waals surface area contributed by atoms with Gasteiger partial charge in [0.1, 0.15) is 12.4 Å². The molecule has 1 aromatic carbocycles. The highest BCUT2D eigenvalue weighted by Crippen LogP contribution is 2.07. The Bertz CT molecular complexity index is 245. The third-order valence-corrected chi connectivity index (χ3v) is 1.22. The van der Waals surface area contributed by atoms with E-state index in [1.807, 2.05) is 30.3 Å². The molecule has 11 heavy (non-hydrogen) atoms. The minimum atomic E-state index is 0.535. The van der Waals surface area contributed by atoms with Crippen molar-refractivity contribution in [2.75, 3.05) is 6.61 Å². The Hall–Kier alpha value is -1.46. The maximum Gasteiger partial charge on any atom is 0.119 e. The molecule has 0 bridgehead atoms. The molecule has 1 nitrogen and oxygen atoms in total. The van der Waals surface area contributed by atoms with Crippen molar-refractivity contribution in [2.24, 2.45) is 0 Å². The Morgan fingerprint density at radius 2 is 2.09 bits per heavy atom. The highest BCUT2D eigenvalue weighted by molar-refractivity contribution is 5.21. The highest BCUT2D eigenvalue weighted by atomic mass is 16.5. The summed E-state index contributed by atoms with van der Waals surface area (Å²) in [6.45, 7) is 3.97. The van der Waals surface area contributed by atoms with E-state index in [2.05, 4.69) is 12.3 Å².